The molecule has 0 aromatic heterocycles. The lowest BCUT2D eigenvalue weighted by atomic mass is 9.96. The minimum Gasteiger partial charge on any atom is -0.494 e. The van der Waals surface area contributed by atoms with Crippen LogP contribution in [0.4, 0.5) is 22.7 Å². The molecule has 3 aromatic carbocycles. The fourth-order valence-corrected chi connectivity index (χ4v) is 4.50. The highest BCUT2D eigenvalue weighted by Crippen LogP contribution is 2.36. The molecule has 0 radical (unpaired) electrons. The molecule has 1 N–H and O–H groups in total. The first kappa shape index (κ1) is 26.4. The normalized spacial score (nSPS) is 15.9. The highest BCUT2D eigenvalue weighted by molar-refractivity contribution is 6.61. The minimum atomic E-state index is -1.08. The third-order valence-electron chi connectivity index (χ3n) is 6.74. The van der Waals surface area contributed by atoms with Crippen molar-refractivity contribution < 1.29 is 24.2 Å². The summed E-state index contributed by atoms with van der Waals surface area (Å²) < 4.78 is 5.57. The van der Waals surface area contributed by atoms with Gasteiger partial charge in [-0.15, -0.1) is 5.10 Å². The van der Waals surface area contributed by atoms with Gasteiger partial charge in [-0.3, -0.25) is 14.5 Å². The summed E-state index contributed by atoms with van der Waals surface area (Å²) in [7, 11) is 5.35. The summed E-state index contributed by atoms with van der Waals surface area (Å²) in [4.78, 5) is 47.1. The van der Waals surface area contributed by atoms with Gasteiger partial charge in [-0.2, -0.15) is 5.01 Å². The number of methoxy groups -OCH3 is 1. The number of carboxylic acid groups (broad SMARTS) is 1. The van der Waals surface area contributed by atoms with E-state index in [2.05, 4.69) is 5.10 Å². The van der Waals surface area contributed by atoms with Crippen LogP contribution in [0, 0.1) is 6.92 Å². The van der Waals surface area contributed by atoms with Gasteiger partial charge in [-0.1, -0.05) is 17.7 Å². The number of hydrazone groups is 1. The Kier molecular flexibility index (Phi) is 6.68. The molecule has 3 aromatic rings. The van der Waals surface area contributed by atoms with Crippen molar-refractivity contribution in [3.63, 3.8) is 0 Å². The molecule has 0 fully saturated rings. The number of aliphatic imine (C=N–C) groups is 1. The Hall–Kier alpha value is -5.25. The van der Waals surface area contributed by atoms with Crippen molar-refractivity contribution in [3.8, 4) is 5.75 Å². The topological polar surface area (TPSA) is 115 Å². The number of rotatable bonds is 6. The summed E-state index contributed by atoms with van der Waals surface area (Å²) in [5.41, 5.74) is 4.00. The van der Waals surface area contributed by atoms with Gasteiger partial charge in [0.05, 0.1) is 29.6 Å². The van der Waals surface area contributed by atoms with Crippen LogP contribution in [-0.2, 0) is 9.59 Å². The average Bonchev–Trinajstić information content (AvgIpc) is 3.28. The van der Waals surface area contributed by atoms with Gasteiger partial charge in [0, 0.05) is 25.8 Å². The van der Waals surface area contributed by atoms with Crippen LogP contribution in [-0.4, -0.2) is 55.6 Å². The van der Waals surface area contributed by atoms with E-state index in [4.69, 9.17) is 9.73 Å². The van der Waals surface area contributed by atoms with Crippen LogP contribution in [0.5, 0.6) is 5.75 Å². The summed E-state index contributed by atoms with van der Waals surface area (Å²) in [5, 5.41) is 15.0. The number of carboxylic acids is 1. The van der Waals surface area contributed by atoms with Gasteiger partial charge < -0.3 is 14.7 Å². The van der Waals surface area contributed by atoms with Gasteiger partial charge in [0.2, 0.25) is 0 Å². The molecule has 0 bridgehead atoms. The zero-order chi connectivity index (χ0) is 28.7. The number of benzene rings is 3. The standard InChI is InChI=1S/C30H27N5O5/c1-17-6-10-20(11-7-17)34-27-25(28(36)35(32-27)21-12-8-19(9-13-21)30(38)39)18(2)26(29(34)37)31-23-15-14-22(33(3)4)16-24(23)40-5/h6-16H,1-5H3,(H,38,39). The van der Waals surface area contributed by atoms with Crippen LogP contribution < -0.4 is 19.5 Å². The van der Waals surface area contributed by atoms with Crippen molar-refractivity contribution in [1.29, 1.82) is 0 Å². The van der Waals surface area contributed by atoms with Crippen LogP contribution in [0.25, 0.3) is 0 Å². The zero-order valence-electron chi connectivity index (χ0n) is 22.7. The predicted octanol–water partition coefficient (Wildman–Crippen LogP) is 4.56. The number of ether oxygens (including phenoxy) is 1. The lowest BCUT2D eigenvalue weighted by molar-refractivity contribution is -0.114. The van der Waals surface area contributed by atoms with Crippen molar-refractivity contribution >= 4 is 52.1 Å². The molecule has 0 aliphatic carbocycles. The molecule has 5 rings (SSSR count). The maximum Gasteiger partial charge on any atom is 0.335 e. The maximum atomic E-state index is 14.0. The number of carbonyl (C=O) groups excluding carboxylic acids is 2. The first-order valence-corrected chi connectivity index (χ1v) is 12.4. The molecule has 10 heteroatoms. The number of nitrogens with zero attached hydrogens (tertiary/aromatic N) is 5. The highest BCUT2D eigenvalue weighted by atomic mass is 16.5. The van der Waals surface area contributed by atoms with E-state index in [1.54, 1.807) is 25.1 Å². The van der Waals surface area contributed by atoms with E-state index in [0.29, 0.717) is 28.4 Å². The summed E-state index contributed by atoms with van der Waals surface area (Å²) in [5.74, 6) is -1.33. The number of anilines is 3. The summed E-state index contributed by atoms with van der Waals surface area (Å²) >= 11 is 0. The third-order valence-corrected chi connectivity index (χ3v) is 6.74. The van der Waals surface area contributed by atoms with Gasteiger partial charge in [0.15, 0.2) is 5.84 Å². The van der Waals surface area contributed by atoms with Crippen LogP contribution >= 0.6 is 0 Å². The highest BCUT2D eigenvalue weighted by Gasteiger charge is 2.45. The quantitative estimate of drug-likeness (QED) is 0.493. The van der Waals surface area contributed by atoms with E-state index in [-0.39, 0.29) is 22.7 Å². The second kappa shape index (κ2) is 10.1. The fraction of sp³-hybridized carbons (Fsp3) is 0.167. The van der Waals surface area contributed by atoms with E-state index in [0.717, 1.165) is 11.3 Å². The molecule has 10 nitrogen and oxygen atoms in total. The van der Waals surface area contributed by atoms with Crippen LogP contribution in [0.2, 0.25) is 0 Å². The molecule has 0 unspecified atom stereocenters. The van der Waals surface area contributed by atoms with Crippen molar-refractivity contribution in [3.05, 3.63) is 89.0 Å². The second-order valence-corrected chi connectivity index (χ2v) is 9.58. The Bertz CT molecular complexity index is 1640. The largest absolute Gasteiger partial charge is 0.494 e. The molecule has 0 spiro atoms. The minimum absolute atomic E-state index is 0.0796. The molecular weight excluding hydrogens is 510 g/mol. The summed E-state index contributed by atoms with van der Waals surface area (Å²) in [6.45, 7) is 3.61. The van der Waals surface area contributed by atoms with Crippen molar-refractivity contribution in [2.45, 2.75) is 13.8 Å². The maximum absolute atomic E-state index is 14.0. The molecular formula is C30H27N5O5. The first-order chi connectivity index (χ1) is 19.1. The number of aromatic carboxylic acids is 1. The number of hydrogen-bond donors (Lipinski definition) is 1. The molecule has 0 saturated heterocycles. The van der Waals surface area contributed by atoms with Crippen LogP contribution in [0.3, 0.4) is 0 Å². The van der Waals surface area contributed by atoms with Crippen LogP contribution in [0.15, 0.2) is 88.0 Å². The molecule has 2 amide bonds. The van der Waals surface area contributed by atoms with E-state index < -0.39 is 17.8 Å². The number of carbonyl (C=O) groups is 3. The van der Waals surface area contributed by atoms with Gasteiger partial charge in [0.1, 0.15) is 17.1 Å². The number of aryl methyl sites for hydroxylation is 1. The number of hydrogen-bond acceptors (Lipinski definition) is 7. The zero-order valence-corrected chi connectivity index (χ0v) is 22.7. The molecule has 2 heterocycles. The molecule has 40 heavy (non-hydrogen) atoms. The average molecular weight is 538 g/mol. The number of amidine groups is 1. The van der Waals surface area contributed by atoms with Crippen molar-refractivity contribution in [1.82, 2.24) is 0 Å². The Morgan fingerprint density at radius 1 is 0.925 bits per heavy atom. The first-order valence-electron chi connectivity index (χ1n) is 12.4. The molecule has 2 aliphatic rings. The smallest absolute Gasteiger partial charge is 0.335 e. The SMILES string of the molecule is COc1cc(N(C)C)ccc1N=C1C(=O)N(c2ccc(C)cc2)C2=NN(c3ccc(C(=O)O)cc3)C(=O)C2=C1C. The third kappa shape index (κ3) is 4.49. The van der Waals surface area contributed by atoms with Gasteiger partial charge >= 0.3 is 5.97 Å². The monoisotopic (exact) mass is 537 g/mol. The number of fused-ring (bicyclic) bond motifs is 1. The van der Waals surface area contributed by atoms with Crippen molar-refractivity contribution in [2.75, 3.05) is 36.0 Å². The molecule has 0 saturated carbocycles. The molecule has 202 valence electrons. The Morgan fingerprint density at radius 2 is 1.57 bits per heavy atom. The lowest BCUT2D eigenvalue weighted by Gasteiger charge is -2.28. The second-order valence-electron chi connectivity index (χ2n) is 9.58. The van der Waals surface area contributed by atoms with E-state index in [9.17, 15) is 19.5 Å². The van der Waals surface area contributed by atoms with Crippen molar-refractivity contribution in [2.24, 2.45) is 10.1 Å². The van der Waals surface area contributed by atoms with Gasteiger partial charge in [-0.25, -0.2) is 9.79 Å². The predicted molar refractivity (Wildman–Crippen MR) is 154 cm³/mol. The lowest BCUT2D eigenvalue weighted by Crippen LogP contribution is -2.47. The van der Waals surface area contributed by atoms with E-state index in [1.807, 2.05) is 50.2 Å². The van der Waals surface area contributed by atoms with Gasteiger partial charge in [-0.05, 0) is 68.0 Å². The fourth-order valence-electron chi connectivity index (χ4n) is 4.50. The molecule has 0 atom stereocenters. The number of amides is 2. The molecule has 2 aliphatic heterocycles. The van der Waals surface area contributed by atoms with Crippen LogP contribution in [0.1, 0.15) is 22.8 Å². The van der Waals surface area contributed by atoms with E-state index >= 15 is 0 Å². The Balaban J connectivity index is 1.68. The summed E-state index contributed by atoms with van der Waals surface area (Å²) in [6.07, 6.45) is 0. The summed E-state index contributed by atoms with van der Waals surface area (Å²) in [6, 6.07) is 18.6. The Labute approximate surface area is 231 Å². The van der Waals surface area contributed by atoms with E-state index in [1.165, 1.54) is 41.3 Å². The Morgan fingerprint density at radius 3 is 2.17 bits per heavy atom. The van der Waals surface area contributed by atoms with Gasteiger partial charge in [0.25, 0.3) is 11.8 Å².